The summed E-state index contributed by atoms with van der Waals surface area (Å²) in [5.41, 5.74) is 5.51. The predicted molar refractivity (Wildman–Crippen MR) is 28.0 cm³/mol. The van der Waals surface area contributed by atoms with Crippen LogP contribution in [-0.2, 0) is 4.74 Å². The van der Waals surface area contributed by atoms with Crippen molar-refractivity contribution in [2.24, 2.45) is 5.73 Å². The molecule has 1 aliphatic carbocycles. The molecule has 1 fully saturated rings. The largest absolute Gasteiger partial charge is 0.377 e. The molecule has 1 rings (SSSR count). The Bertz CT molecular complexity index is 80.1. The van der Waals surface area contributed by atoms with Crippen LogP contribution in [0.1, 0.15) is 13.3 Å². The van der Waals surface area contributed by atoms with Crippen molar-refractivity contribution in [3.05, 3.63) is 0 Å². The average molecular weight is 101 g/mol. The Morgan fingerprint density at radius 1 is 1.86 bits per heavy atom. The summed E-state index contributed by atoms with van der Waals surface area (Å²) in [5.74, 6) is 0. The Morgan fingerprint density at radius 3 is 2.29 bits per heavy atom. The number of hydrogen-bond donors (Lipinski definition) is 1. The van der Waals surface area contributed by atoms with Crippen LogP contribution < -0.4 is 5.73 Å². The highest BCUT2D eigenvalue weighted by molar-refractivity contribution is 5.05. The molecule has 0 bridgehead atoms. The zero-order valence-electron chi connectivity index (χ0n) is 4.77. The molecule has 2 nitrogen and oxygen atoms in total. The van der Waals surface area contributed by atoms with E-state index in [9.17, 15) is 0 Å². The summed E-state index contributed by atoms with van der Waals surface area (Å²) in [6.07, 6.45) is 1.02. The molecule has 42 valence electrons. The van der Waals surface area contributed by atoms with E-state index in [-0.39, 0.29) is 11.6 Å². The molecule has 0 unspecified atom stereocenters. The molecule has 0 aromatic heterocycles. The first-order valence-corrected chi connectivity index (χ1v) is 2.50. The van der Waals surface area contributed by atoms with E-state index in [2.05, 4.69) is 0 Å². The minimum absolute atomic E-state index is 0.0278. The fourth-order valence-electron chi connectivity index (χ4n) is 0.612. The van der Waals surface area contributed by atoms with Gasteiger partial charge in [-0.3, -0.25) is 0 Å². The zero-order chi connectivity index (χ0) is 5.49. The summed E-state index contributed by atoms with van der Waals surface area (Å²) >= 11 is 0. The van der Waals surface area contributed by atoms with E-state index < -0.39 is 0 Å². The summed E-state index contributed by atoms with van der Waals surface area (Å²) in [7, 11) is 1.70. The van der Waals surface area contributed by atoms with Gasteiger partial charge in [-0.25, -0.2) is 0 Å². The van der Waals surface area contributed by atoms with Gasteiger partial charge in [0, 0.05) is 13.2 Å². The van der Waals surface area contributed by atoms with Crippen molar-refractivity contribution in [1.82, 2.24) is 0 Å². The molecule has 7 heavy (non-hydrogen) atoms. The first-order valence-electron chi connectivity index (χ1n) is 2.50. The summed E-state index contributed by atoms with van der Waals surface area (Å²) in [4.78, 5) is 0. The third-order valence-corrected chi connectivity index (χ3v) is 1.72. The van der Waals surface area contributed by atoms with Crippen LogP contribution in [0, 0.1) is 0 Å². The number of nitrogens with two attached hydrogens (primary N) is 1. The molecule has 0 saturated heterocycles. The van der Waals surface area contributed by atoms with Crippen molar-refractivity contribution in [3.63, 3.8) is 0 Å². The second kappa shape index (κ2) is 1.20. The molecule has 0 amide bonds. The first-order chi connectivity index (χ1) is 3.19. The summed E-state index contributed by atoms with van der Waals surface area (Å²) in [6.45, 7) is 2.03. The minimum Gasteiger partial charge on any atom is -0.377 e. The lowest BCUT2D eigenvalue weighted by Gasteiger charge is -2.03. The molecule has 2 atom stereocenters. The van der Waals surface area contributed by atoms with Crippen LogP contribution >= 0.6 is 0 Å². The van der Waals surface area contributed by atoms with E-state index >= 15 is 0 Å². The van der Waals surface area contributed by atoms with E-state index in [1.54, 1.807) is 7.11 Å². The highest BCUT2D eigenvalue weighted by Gasteiger charge is 2.47. The molecule has 1 aliphatic rings. The molecule has 0 spiro atoms. The number of ether oxygens (including phenoxy) is 1. The number of hydrogen-bond acceptors (Lipinski definition) is 2. The van der Waals surface area contributed by atoms with Gasteiger partial charge in [0.1, 0.15) is 0 Å². The van der Waals surface area contributed by atoms with Crippen LogP contribution in [0.4, 0.5) is 0 Å². The van der Waals surface area contributed by atoms with Gasteiger partial charge in [0.25, 0.3) is 0 Å². The normalized spacial score (nSPS) is 49.3. The van der Waals surface area contributed by atoms with Gasteiger partial charge in [0.15, 0.2) is 0 Å². The third kappa shape index (κ3) is 0.640. The van der Waals surface area contributed by atoms with Gasteiger partial charge in [-0.15, -0.1) is 0 Å². The maximum atomic E-state index is 5.49. The van der Waals surface area contributed by atoms with Crippen molar-refractivity contribution in [2.75, 3.05) is 7.11 Å². The lowest BCUT2D eigenvalue weighted by Crippen LogP contribution is -2.17. The summed E-state index contributed by atoms with van der Waals surface area (Å²) < 4.78 is 5.04. The number of rotatable bonds is 1. The van der Waals surface area contributed by atoms with E-state index in [1.165, 1.54) is 0 Å². The molecule has 2 N–H and O–H groups in total. The second-order valence-electron chi connectivity index (χ2n) is 2.33. The highest BCUT2D eigenvalue weighted by atomic mass is 16.5. The Hall–Kier alpha value is -0.0800. The third-order valence-electron chi connectivity index (χ3n) is 1.72. The van der Waals surface area contributed by atoms with Crippen molar-refractivity contribution in [1.29, 1.82) is 0 Å². The fourth-order valence-corrected chi connectivity index (χ4v) is 0.612. The molecular formula is C5H11NO. The summed E-state index contributed by atoms with van der Waals surface area (Å²) in [6, 6.07) is 0.289. The van der Waals surface area contributed by atoms with Crippen molar-refractivity contribution in [2.45, 2.75) is 25.0 Å². The van der Waals surface area contributed by atoms with Crippen LogP contribution in [0.25, 0.3) is 0 Å². The number of methoxy groups -OCH3 is 1. The lowest BCUT2D eigenvalue weighted by molar-refractivity contribution is 0.0917. The SMILES string of the molecule is CO[C@@]1(C)C[C@H]1N. The van der Waals surface area contributed by atoms with E-state index in [4.69, 9.17) is 10.5 Å². The van der Waals surface area contributed by atoms with Crippen molar-refractivity contribution < 1.29 is 4.74 Å². The molecule has 0 aromatic rings. The second-order valence-corrected chi connectivity index (χ2v) is 2.33. The van der Waals surface area contributed by atoms with Gasteiger partial charge >= 0.3 is 0 Å². The van der Waals surface area contributed by atoms with Gasteiger partial charge in [-0.2, -0.15) is 0 Å². The average Bonchev–Trinajstić information content (AvgIpc) is 2.18. The predicted octanol–water partition coefficient (Wildman–Crippen LogP) is 0.123. The van der Waals surface area contributed by atoms with E-state index in [1.807, 2.05) is 6.92 Å². The Morgan fingerprint density at radius 2 is 2.29 bits per heavy atom. The van der Waals surface area contributed by atoms with Gasteiger partial charge in [-0.1, -0.05) is 0 Å². The van der Waals surface area contributed by atoms with Gasteiger partial charge in [0.05, 0.1) is 5.60 Å². The van der Waals surface area contributed by atoms with E-state index in [0.717, 1.165) is 6.42 Å². The molecule has 0 radical (unpaired) electrons. The monoisotopic (exact) mass is 101 g/mol. The Kier molecular flexibility index (Phi) is 0.869. The van der Waals surface area contributed by atoms with E-state index in [0.29, 0.717) is 0 Å². The Balaban J connectivity index is 2.36. The zero-order valence-corrected chi connectivity index (χ0v) is 4.77. The highest BCUT2D eigenvalue weighted by Crippen LogP contribution is 2.36. The molecule has 0 aliphatic heterocycles. The molecule has 0 heterocycles. The van der Waals surface area contributed by atoms with Gasteiger partial charge in [-0.05, 0) is 13.3 Å². The molecule has 1 saturated carbocycles. The maximum Gasteiger partial charge on any atom is 0.0817 e. The van der Waals surface area contributed by atoms with Gasteiger partial charge in [0.2, 0.25) is 0 Å². The van der Waals surface area contributed by atoms with Crippen LogP contribution in [-0.4, -0.2) is 18.8 Å². The minimum atomic E-state index is 0.0278. The van der Waals surface area contributed by atoms with Crippen LogP contribution in [0.15, 0.2) is 0 Å². The van der Waals surface area contributed by atoms with Crippen molar-refractivity contribution in [3.8, 4) is 0 Å². The smallest absolute Gasteiger partial charge is 0.0817 e. The molecule has 0 aromatic carbocycles. The van der Waals surface area contributed by atoms with Crippen LogP contribution in [0.3, 0.4) is 0 Å². The van der Waals surface area contributed by atoms with Gasteiger partial charge < -0.3 is 10.5 Å². The Labute approximate surface area is 43.6 Å². The fraction of sp³-hybridized carbons (Fsp3) is 1.00. The summed E-state index contributed by atoms with van der Waals surface area (Å²) in [5, 5.41) is 0. The first kappa shape index (κ1) is 5.06. The lowest BCUT2D eigenvalue weighted by atomic mass is 10.4. The van der Waals surface area contributed by atoms with Crippen molar-refractivity contribution >= 4 is 0 Å². The van der Waals surface area contributed by atoms with Crippen LogP contribution in [0.2, 0.25) is 0 Å². The van der Waals surface area contributed by atoms with Crippen LogP contribution in [0.5, 0.6) is 0 Å². The molecule has 2 heteroatoms. The quantitative estimate of drug-likeness (QED) is 0.509. The topological polar surface area (TPSA) is 35.2 Å². The standard InChI is InChI=1S/C5H11NO/c1-5(7-2)3-4(5)6/h4H,3,6H2,1-2H3/t4-,5+/m1/s1. The molecular weight excluding hydrogens is 90.1 g/mol. The maximum absolute atomic E-state index is 5.49.